The first kappa shape index (κ1) is 20.8. The van der Waals surface area contributed by atoms with E-state index in [0.717, 1.165) is 16.5 Å². The minimum Gasteiger partial charge on any atom is -0.495 e. The smallest absolute Gasteiger partial charge is 0.310 e. The molecule has 2 aromatic carbocycles. The number of carbonyl (C=O) groups excluding carboxylic acids is 3. The lowest BCUT2D eigenvalue weighted by Crippen LogP contribution is -2.22. The Morgan fingerprint density at radius 1 is 1.03 bits per heavy atom. The number of para-hydroxylation sites is 1. The van der Waals surface area contributed by atoms with Crippen molar-refractivity contribution >= 4 is 40.1 Å². The van der Waals surface area contributed by atoms with Crippen LogP contribution in [0.25, 0.3) is 10.9 Å². The summed E-state index contributed by atoms with van der Waals surface area (Å²) in [6.45, 7) is 0.929. The second kappa shape index (κ2) is 9.51. The molecular weight excluding hydrogens is 386 g/mol. The molecule has 0 radical (unpaired) electrons. The van der Waals surface area contributed by atoms with Gasteiger partial charge in [-0.15, -0.1) is 0 Å². The fourth-order valence-electron chi connectivity index (χ4n) is 2.94. The van der Waals surface area contributed by atoms with Crippen LogP contribution < -0.4 is 15.4 Å². The lowest BCUT2D eigenvalue weighted by molar-refractivity contribution is -0.146. The van der Waals surface area contributed by atoms with Crippen LogP contribution >= 0.6 is 0 Å². The number of aromatic nitrogens is 1. The molecular formula is C22H21N3O5. The fourth-order valence-corrected chi connectivity index (χ4v) is 2.94. The van der Waals surface area contributed by atoms with Gasteiger partial charge in [0.05, 0.1) is 24.7 Å². The van der Waals surface area contributed by atoms with Gasteiger partial charge in [-0.05, 0) is 29.8 Å². The maximum atomic E-state index is 12.2. The Bertz CT molecular complexity index is 1090. The average Bonchev–Trinajstić information content (AvgIpc) is 2.72. The molecule has 0 saturated carbocycles. The van der Waals surface area contributed by atoms with Gasteiger partial charge in [-0.3, -0.25) is 19.4 Å². The molecule has 8 nitrogen and oxygen atoms in total. The number of hydrogen-bond acceptors (Lipinski definition) is 6. The van der Waals surface area contributed by atoms with Crippen molar-refractivity contribution in [2.45, 2.75) is 13.3 Å². The summed E-state index contributed by atoms with van der Waals surface area (Å²) < 4.78 is 10.3. The summed E-state index contributed by atoms with van der Waals surface area (Å²) >= 11 is 0. The van der Waals surface area contributed by atoms with E-state index in [-0.39, 0.29) is 12.3 Å². The molecule has 3 rings (SSSR count). The van der Waals surface area contributed by atoms with Crippen molar-refractivity contribution in [1.29, 1.82) is 0 Å². The Morgan fingerprint density at radius 2 is 1.83 bits per heavy atom. The van der Waals surface area contributed by atoms with Gasteiger partial charge in [0.25, 0.3) is 5.91 Å². The largest absolute Gasteiger partial charge is 0.495 e. The summed E-state index contributed by atoms with van der Waals surface area (Å²) in [6, 6.07) is 14.1. The van der Waals surface area contributed by atoms with Crippen molar-refractivity contribution in [2.24, 2.45) is 0 Å². The topological polar surface area (TPSA) is 107 Å². The number of benzene rings is 2. The van der Waals surface area contributed by atoms with E-state index < -0.39 is 18.5 Å². The molecule has 8 heteroatoms. The third-order valence-electron chi connectivity index (χ3n) is 4.21. The first-order valence-corrected chi connectivity index (χ1v) is 9.20. The van der Waals surface area contributed by atoms with Crippen LogP contribution in [0, 0.1) is 0 Å². The van der Waals surface area contributed by atoms with Crippen LogP contribution in [0.1, 0.15) is 12.5 Å². The van der Waals surface area contributed by atoms with E-state index in [2.05, 4.69) is 15.6 Å². The zero-order chi connectivity index (χ0) is 21.5. The summed E-state index contributed by atoms with van der Waals surface area (Å²) in [5.41, 5.74) is 2.30. The quantitative estimate of drug-likeness (QED) is 0.583. The molecule has 2 amide bonds. The number of esters is 1. The number of pyridine rings is 1. The Hall–Kier alpha value is -3.94. The van der Waals surface area contributed by atoms with Gasteiger partial charge in [-0.1, -0.05) is 24.3 Å². The maximum absolute atomic E-state index is 12.2. The van der Waals surface area contributed by atoms with Crippen molar-refractivity contribution in [3.8, 4) is 5.75 Å². The summed E-state index contributed by atoms with van der Waals surface area (Å²) in [5, 5.41) is 6.17. The molecule has 1 aromatic heterocycles. The monoisotopic (exact) mass is 407 g/mol. The molecule has 0 spiro atoms. The van der Waals surface area contributed by atoms with E-state index >= 15 is 0 Å². The Morgan fingerprint density at radius 3 is 2.60 bits per heavy atom. The first-order valence-electron chi connectivity index (χ1n) is 9.20. The van der Waals surface area contributed by atoms with Gasteiger partial charge in [0, 0.05) is 24.2 Å². The summed E-state index contributed by atoms with van der Waals surface area (Å²) in [4.78, 5) is 40.0. The molecule has 0 aliphatic heterocycles. The number of methoxy groups -OCH3 is 1. The first-order chi connectivity index (χ1) is 14.5. The van der Waals surface area contributed by atoms with Crippen LogP contribution in [0.5, 0.6) is 5.75 Å². The molecule has 2 N–H and O–H groups in total. The van der Waals surface area contributed by atoms with E-state index in [4.69, 9.17) is 9.47 Å². The van der Waals surface area contributed by atoms with Gasteiger partial charge in [0.15, 0.2) is 6.61 Å². The van der Waals surface area contributed by atoms with E-state index in [0.29, 0.717) is 17.1 Å². The van der Waals surface area contributed by atoms with Crippen molar-refractivity contribution in [2.75, 3.05) is 24.4 Å². The molecule has 0 saturated heterocycles. The lowest BCUT2D eigenvalue weighted by Gasteiger charge is -2.12. The third-order valence-corrected chi connectivity index (χ3v) is 4.21. The second-order valence-corrected chi connectivity index (χ2v) is 6.47. The molecule has 3 aromatic rings. The number of nitrogens with zero attached hydrogens (tertiary/aromatic N) is 1. The summed E-state index contributed by atoms with van der Waals surface area (Å²) in [7, 11) is 1.46. The van der Waals surface area contributed by atoms with E-state index in [1.807, 2.05) is 24.3 Å². The van der Waals surface area contributed by atoms with Crippen molar-refractivity contribution in [1.82, 2.24) is 4.98 Å². The summed E-state index contributed by atoms with van der Waals surface area (Å²) in [6.07, 6.45) is 1.66. The van der Waals surface area contributed by atoms with Crippen LogP contribution in [-0.4, -0.2) is 36.5 Å². The maximum Gasteiger partial charge on any atom is 0.310 e. The number of nitrogens with one attached hydrogen (secondary N) is 2. The number of rotatable bonds is 7. The molecule has 0 aliphatic carbocycles. The van der Waals surface area contributed by atoms with Crippen molar-refractivity contribution in [3.05, 3.63) is 60.3 Å². The minimum absolute atomic E-state index is 0.00295. The predicted octanol–water partition coefficient (Wildman–Crippen LogP) is 2.93. The van der Waals surface area contributed by atoms with Gasteiger partial charge < -0.3 is 20.1 Å². The van der Waals surface area contributed by atoms with Gasteiger partial charge in [-0.25, -0.2) is 0 Å². The highest BCUT2D eigenvalue weighted by Crippen LogP contribution is 2.27. The Kier molecular flexibility index (Phi) is 6.59. The van der Waals surface area contributed by atoms with E-state index in [1.165, 1.54) is 14.0 Å². The van der Waals surface area contributed by atoms with Crippen LogP contribution in [0.3, 0.4) is 0 Å². The molecule has 0 aliphatic rings. The van der Waals surface area contributed by atoms with E-state index in [9.17, 15) is 14.4 Å². The number of carbonyl (C=O) groups is 3. The number of ether oxygens (including phenoxy) is 2. The highest BCUT2D eigenvalue weighted by atomic mass is 16.5. The predicted molar refractivity (Wildman–Crippen MR) is 112 cm³/mol. The minimum atomic E-state index is -0.540. The second-order valence-electron chi connectivity index (χ2n) is 6.47. The van der Waals surface area contributed by atoms with Gasteiger partial charge in [0.2, 0.25) is 5.91 Å². The highest BCUT2D eigenvalue weighted by molar-refractivity contribution is 5.96. The number of anilines is 2. The SMILES string of the molecule is COc1ccc(NC(C)=O)cc1NC(=O)COC(=O)Cc1cccc2cccnc12. The van der Waals surface area contributed by atoms with Gasteiger partial charge in [0.1, 0.15) is 5.75 Å². The highest BCUT2D eigenvalue weighted by Gasteiger charge is 2.13. The molecule has 0 fully saturated rings. The number of fused-ring (bicyclic) bond motifs is 1. The lowest BCUT2D eigenvalue weighted by atomic mass is 10.1. The average molecular weight is 407 g/mol. The molecule has 30 heavy (non-hydrogen) atoms. The number of amides is 2. The van der Waals surface area contributed by atoms with Crippen LogP contribution in [0.2, 0.25) is 0 Å². The molecule has 1 heterocycles. The van der Waals surface area contributed by atoms with Gasteiger partial charge >= 0.3 is 5.97 Å². The van der Waals surface area contributed by atoms with E-state index in [1.54, 1.807) is 30.5 Å². The zero-order valence-electron chi connectivity index (χ0n) is 16.6. The van der Waals surface area contributed by atoms with Crippen LogP contribution in [-0.2, 0) is 25.5 Å². The molecule has 0 atom stereocenters. The van der Waals surface area contributed by atoms with Crippen LogP contribution in [0.4, 0.5) is 11.4 Å². The van der Waals surface area contributed by atoms with Crippen molar-refractivity contribution in [3.63, 3.8) is 0 Å². The summed E-state index contributed by atoms with van der Waals surface area (Å²) in [5.74, 6) is -0.903. The zero-order valence-corrected chi connectivity index (χ0v) is 16.6. The molecule has 0 bridgehead atoms. The van der Waals surface area contributed by atoms with Crippen molar-refractivity contribution < 1.29 is 23.9 Å². The molecule has 154 valence electrons. The normalized spacial score (nSPS) is 10.3. The fraction of sp³-hybridized carbons (Fsp3) is 0.182. The third kappa shape index (κ3) is 5.32. The standard InChI is InChI=1S/C22H21N3O5/c1-14(26)24-17-8-9-19(29-2)18(12-17)25-20(27)13-30-21(28)11-16-6-3-5-15-7-4-10-23-22(15)16/h3-10,12H,11,13H2,1-2H3,(H,24,26)(H,25,27). The number of hydrogen-bond donors (Lipinski definition) is 2. The molecule has 0 unspecified atom stereocenters. The van der Waals surface area contributed by atoms with Gasteiger partial charge in [-0.2, -0.15) is 0 Å². The Balaban J connectivity index is 1.60. The Labute approximate surface area is 173 Å². The van der Waals surface area contributed by atoms with Crippen LogP contribution in [0.15, 0.2) is 54.7 Å².